The highest BCUT2D eigenvalue weighted by atomic mass is 16.5. The van der Waals surface area contributed by atoms with Gasteiger partial charge in [0.15, 0.2) is 0 Å². The molecule has 3 rings (SSSR count). The predicted molar refractivity (Wildman–Crippen MR) is 97.0 cm³/mol. The lowest BCUT2D eigenvalue weighted by Crippen LogP contribution is -2.49. The molecule has 1 saturated carbocycles. The van der Waals surface area contributed by atoms with E-state index in [0.29, 0.717) is 0 Å². The molecule has 1 aliphatic carbocycles. The van der Waals surface area contributed by atoms with E-state index in [2.05, 4.69) is 36.1 Å². The van der Waals surface area contributed by atoms with Crippen molar-refractivity contribution in [3.63, 3.8) is 0 Å². The molecule has 0 amide bonds. The summed E-state index contributed by atoms with van der Waals surface area (Å²) in [6.45, 7) is 5.62. The molecule has 2 fully saturated rings. The lowest BCUT2D eigenvalue weighted by atomic mass is 9.74. The Kier molecular flexibility index (Phi) is 5.99. The predicted octanol–water partition coefficient (Wildman–Crippen LogP) is 5.51. The first-order valence-electron chi connectivity index (χ1n) is 9.83. The molecule has 0 spiro atoms. The van der Waals surface area contributed by atoms with Crippen molar-refractivity contribution in [2.45, 2.75) is 76.7 Å². The van der Waals surface area contributed by atoms with E-state index in [4.69, 9.17) is 4.74 Å². The van der Waals surface area contributed by atoms with Gasteiger partial charge in [0.25, 0.3) is 0 Å². The molecule has 1 aromatic rings. The van der Waals surface area contributed by atoms with Crippen molar-refractivity contribution in [3.05, 3.63) is 29.8 Å². The van der Waals surface area contributed by atoms with Crippen molar-refractivity contribution in [2.75, 3.05) is 19.7 Å². The average Bonchev–Trinajstić information content (AvgIpc) is 2.63. The molecule has 0 unspecified atom stereocenters. The van der Waals surface area contributed by atoms with Crippen molar-refractivity contribution in [2.24, 2.45) is 0 Å². The number of hydrogen-bond acceptors (Lipinski definition) is 2. The van der Waals surface area contributed by atoms with Crippen LogP contribution in [-0.2, 0) is 5.54 Å². The highest BCUT2D eigenvalue weighted by molar-refractivity contribution is 5.34. The van der Waals surface area contributed by atoms with E-state index in [1.54, 1.807) is 0 Å². The topological polar surface area (TPSA) is 12.5 Å². The van der Waals surface area contributed by atoms with Crippen LogP contribution in [0.3, 0.4) is 0 Å². The maximum Gasteiger partial charge on any atom is 0.119 e. The molecular formula is C21H33NO. The first-order chi connectivity index (χ1) is 11.3. The van der Waals surface area contributed by atoms with Crippen molar-refractivity contribution >= 4 is 0 Å². The molecule has 1 heterocycles. The number of rotatable bonds is 6. The zero-order valence-corrected chi connectivity index (χ0v) is 14.9. The summed E-state index contributed by atoms with van der Waals surface area (Å²) in [4.78, 5) is 2.81. The van der Waals surface area contributed by atoms with Gasteiger partial charge in [-0.3, -0.25) is 4.90 Å². The van der Waals surface area contributed by atoms with Crippen molar-refractivity contribution in [1.29, 1.82) is 0 Å². The first kappa shape index (κ1) is 16.8. The molecule has 23 heavy (non-hydrogen) atoms. The fourth-order valence-corrected chi connectivity index (χ4v) is 4.46. The Morgan fingerprint density at radius 1 is 1.00 bits per heavy atom. The summed E-state index contributed by atoms with van der Waals surface area (Å²) in [6.07, 6.45) is 13.3. The average molecular weight is 316 g/mol. The Bertz CT molecular complexity index is 472. The number of benzene rings is 1. The number of piperidine rings is 1. The second-order valence-electron chi connectivity index (χ2n) is 7.37. The molecule has 2 heteroatoms. The van der Waals surface area contributed by atoms with E-state index in [1.165, 1.54) is 76.4 Å². The normalized spacial score (nSPS) is 22.0. The van der Waals surface area contributed by atoms with Crippen molar-refractivity contribution in [1.82, 2.24) is 4.90 Å². The molecule has 0 bridgehead atoms. The van der Waals surface area contributed by atoms with E-state index in [1.807, 2.05) is 0 Å². The lowest BCUT2D eigenvalue weighted by molar-refractivity contribution is 0.0301. The third kappa shape index (κ3) is 3.91. The number of likely N-dealkylation sites (tertiary alicyclic amines) is 1. The Labute approximate surface area is 142 Å². The Balaban J connectivity index is 1.82. The van der Waals surface area contributed by atoms with E-state index in [9.17, 15) is 0 Å². The van der Waals surface area contributed by atoms with Crippen LogP contribution in [0.2, 0.25) is 0 Å². The molecule has 1 aliphatic heterocycles. The third-order valence-corrected chi connectivity index (χ3v) is 5.78. The highest BCUT2D eigenvalue weighted by Gasteiger charge is 2.39. The fraction of sp³-hybridized carbons (Fsp3) is 0.714. The summed E-state index contributed by atoms with van der Waals surface area (Å²) in [6, 6.07) is 9.03. The molecule has 1 aromatic carbocycles. The van der Waals surface area contributed by atoms with Crippen LogP contribution in [0.25, 0.3) is 0 Å². The quantitative estimate of drug-likeness (QED) is 0.642. The molecule has 2 aliphatic rings. The van der Waals surface area contributed by atoms with Gasteiger partial charge in [-0.2, -0.15) is 0 Å². The van der Waals surface area contributed by atoms with Crippen LogP contribution in [0, 0.1) is 0 Å². The van der Waals surface area contributed by atoms with Crippen LogP contribution in [0.1, 0.15) is 76.7 Å². The molecule has 0 N–H and O–H groups in total. The fourth-order valence-electron chi connectivity index (χ4n) is 4.46. The Morgan fingerprint density at radius 2 is 1.74 bits per heavy atom. The number of unbranched alkanes of at least 4 members (excludes halogenated alkanes) is 1. The summed E-state index contributed by atoms with van der Waals surface area (Å²) in [5.74, 6) is 1.07. The molecule has 128 valence electrons. The maximum absolute atomic E-state index is 5.99. The van der Waals surface area contributed by atoms with E-state index in [-0.39, 0.29) is 5.54 Å². The molecule has 0 radical (unpaired) electrons. The van der Waals surface area contributed by atoms with Crippen LogP contribution in [-0.4, -0.2) is 24.6 Å². The minimum atomic E-state index is 0.281. The molecule has 0 aromatic heterocycles. The van der Waals surface area contributed by atoms with Crippen LogP contribution in [0.5, 0.6) is 5.75 Å². The smallest absolute Gasteiger partial charge is 0.119 e. The van der Waals surface area contributed by atoms with Gasteiger partial charge in [-0.25, -0.2) is 0 Å². The van der Waals surface area contributed by atoms with E-state index >= 15 is 0 Å². The Hall–Kier alpha value is -1.02. The molecule has 0 atom stereocenters. The SMILES string of the molecule is CCCCOc1cccc(C2(N3CCCCC3)CCCCC2)c1. The van der Waals surface area contributed by atoms with E-state index in [0.717, 1.165) is 18.8 Å². The zero-order valence-electron chi connectivity index (χ0n) is 14.9. The molecular weight excluding hydrogens is 282 g/mol. The van der Waals surface area contributed by atoms with Gasteiger partial charge >= 0.3 is 0 Å². The highest BCUT2D eigenvalue weighted by Crippen LogP contribution is 2.44. The summed E-state index contributed by atoms with van der Waals surface area (Å²) in [5.41, 5.74) is 1.79. The van der Waals surface area contributed by atoms with Crippen LogP contribution in [0.15, 0.2) is 24.3 Å². The summed E-state index contributed by atoms with van der Waals surface area (Å²) < 4.78 is 5.99. The van der Waals surface area contributed by atoms with Gasteiger partial charge < -0.3 is 4.74 Å². The Morgan fingerprint density at radius 3 is 2.48 bits per heavy atom. The van der Waals surface area contributed by atoms with Gasteiger partial charge in [-0.05, 0) is 62.9 Å². The second-order valence-corrected chi connectivity index (χ2v) is 7.37. The largest absolute Gasteiger partial charge is 0.494 e. The van der Waals surface area contributed by atoms with Crippen LogP contribution < -0.4 is 4.74 Å². The van der Waals surface area contributed by atoms with Gasteiger partial charge in [0.1, 0.15) is 5.75 Å². The van der Waals surface area contributed by atoms with Gasteiger partial charge in [0.05, 0.1) is 6.61 Å². The minimum absolute atomic E-state index is 0.281. The molecule has 1 saturated heterocycles. The first-order valence-corrected chi connectivity index (χ1v) is 9.83. The summed E-state index contributed by atoms with van der Waals surface area (Å²) in [7, 11) is 0. The summed E-state index contributed by atoms with van der Waals surface area (Å²) in [5, 5.41) is 0. The standard InChI is InChI=1S/C21H33NO/c1-2-3-17-23-20-12-10-11-19(18-20)21(13-6-4-7-14-21)22-15-8-5-9-16-22/h10-12,18H,2-9,13-17H2,1H3. The third-order valence-electron chi connectivity index (χ3n) is 5.78. The van der Waals surface area contributed by atoms with Crippen molar-refractivity contribution in [3.8, 4) is 5.75 Å². The van der Waals surface area contributed by atoms with Gasteiger partial charge in [-0.1, -0.05) is 51.2 Å². The molecule has 2 nitrogen and oxygen atoms in total. The van der Waals surface area contributed by atoms with Gasteiger partial charge in [0, 0.05) is 5.54 Å². The number of hydrogen-bond donors (Lipinski definition) is 0. The lowest BCUT2D eigenvalue weighted by Gasteiger charge is -2.48. The monoisotopic (exact) mass is 315 g/mol. The van der Waals surface area contributed by atoms with Gasteiger partial charge in [0.2, 0.25) is 0 Å². The van der Waals surface area contributed by atoms with Crippen LogP contribution in [0.4, 0.5) is 0 Å². The van der Waals surface area contributed by atoms with E-state index < -0.39 is 0 Å². The maximum atomic E-state index is 5.99. The number of nitrogens with zero attached hydrogens (tertiary/aromatic N) is 1. The van der Waals surface area contributed by atoms with Crippen molar-refractivity contribution < 1.29 is 4.74 Å². The second kappa shape index (κ2) is 8.19. The van der Waals surface area contributed by atoms with Crippen LogP contribution >= 0.6 is 0 Å². The summed E-state index contributed by atoms with van der Waals surface area (Å²) >= 11 is 0. The van der Waals surface area contributed by atoms with Gasteiger partial charge in [-0.15, -0.1) is 0 Å². The zero-order chi connectivity index (χ0) is 16.0. The number of ether oxygens (including phenoxy) is 1. The minimum Gasteiger partial charge on any atom is -0.494 e.